The third-order valence-corrected chi connectivity index (χ3v) is 7.45. The van der Waals surface area contributed by atoms with Gasteiger partial charge in [0.05, 0.1) is 31.3 Å². The summed E-state index contributed by atoms with van der Waals surface area (Å²) in [6.45, 7) is 12.0. The Bertz CT molecular complexity index is 1240. The number of nitrogens with one attached hydrogen (secondary N) is 1. The van der Waals surface area contributed by atoms with E-state index in [-0.39, 0.29) is 37.5 Å². The number of rotatable bonds is 7. The molecule has 2 aliphatic rings. The number of halogens is 1. The van der Waals surface area contributed by atoms with Gasteiger partial charge in [-0.2, -0.15) is 0 Å². The maximum atomic E-state index is 14.1. The Morgan fingerprint density at radius 1 is 0.929 bits per heavy atom. The molecule has 2 aromatic carbocycles. The first-order chi connectivity index (χ1) is 19.7. The summed E-state index contributed by atoms with van der Waals surface area (Å²) >= 11 is 0. The average Bonchev–Trinajstić information content (AvgIpc) is 3.50. The maximum absolute atomic E-state index is 14.1. The fourth-order valence-electron chi connectivity index (χ4n) is 5.44. The van der Waals surface area contributed by atoms with Crippen molar-refractivity contribution in [3.63, 3.8) is 0 Å². The van der Waals surface area contributed by atoms with E-state index in [0.717, 1.165) is 11.1 Å². The average molecular weight is 584 g/mol. The van der Waals surface area contributed by atoms with Gasteiger partial charge in [0.1, 0.15) is 24.1 Å². The highest BCUT2D eigenvalue weighted by Gasteiger charge is 2.54. The molecule has 2 fully saturated rings. The molecule has 2 heterocycles. The van der Waals surface area contributed by atoms with Gasteiger partial charge in [0.25, 0.3) is 0 Å². The van der Waals surface area contributed by atoms with Gasteiger partial charge in [0, 0.05) is 6.54 Å². The highest BCUT2D eigenvalue weighted by Crippen LogP contribution is 2.36. The van der Waals surface area contributed by atoms with Crippen molar-refractivity contribution in [3.05, 3.63) is 71.5 Å². The molecular weight excluding hydrogens is 541 g/mol. The van der Waals surface area contributed by atoms with Crippen molar-refractivity contribution >= 4 is 18.1 Å². The molecule has 0 radical (unpaired) electrons. The smallest absolute Gasteiger partial charge is 0.410 e. The molecule has 1 unspecified atom stereocenters. The second-order valence-corrected chi connectivity index (χ2v) is 13.0. The fraction of sp³-hybridized carbons (Fsp3) is 0.531. The Morgan fingerprint density at radius 2 is 1.57 bits per heavy atom. The molecular formula is C32H42FN3O6. The molecule has 2 aliphatic heterocycles. The number of benzene rings is 2. The van der Waals surface area contributed by atoms with Gasteiger partial charge in [-0.1, -0.05) is 63.2 Å². The van der Waals surface area contributed by atoms with Gasteiger partial charge >= 0.3 is 12.2 Å². The van der Waals surface area contributed by atoms with Crippen LogP contribution >= 0.6 is 0 Å². The molecule has 0 bridgehead atoms. The second kappa shape index (κ2) is 12.7. The molecule has 0 aliphatic carbocycles. The van der Waals surface area contributed by atoms with Crippen LogP contribution in [0.5, 0.6) is 0 Å². The standard InChI is InChI=1S/C32H42FN3O6/c1-31(2,3)27(34-29(38)41-20-21-10-8-7-9-11-21)28(37)35-17-16-24-26(35)25(18-36(24)30(39)42-32(4,5)6)40-19-22-12-14-23(33)15-13-22/h7-15,24-27H,16-20H2,1-6H3,(H,34,38)/t24-,25+,26+,27?/m1/s1. The van der Waals surface area contributed by atoms with E-state index in [4.69, 9.17) is 14.2 Å². The van der Waals surface area contributed by atoms with Crippen molar-refractivity contribution in [2.45, 2.75) is 91.0 Å². The summed E-state index contributed by atoms with van der Waals surface area (Å²) in [5.74, 6) is -0.612. The molecule has 10 heteroatoms. The number of carbonyl (C=O) groups is 3. The highest BCUT2D eigenvalue weighted by atomic mass is 19.1. The Hall–Kier alpha value is -3.66. The molecule has 0 spiro atoms. The Kier molecular flexibility index (Phi) is 9.45. The summed E-state index contributed by atoms with van der Waals surface area (Å²) in [6.07, 6.45) is -1.12. The summed E-state index contributed by atoms with van der Waals surface area (Å²) in [4.78, 5) is 43.5. The number of likely N-dealkylation sites (tertiary alicyclic amines) is 2. The van der Waals surface area contributed by atoms with Gasteiger partial charge in [0.2, 0.25) is 5.91 Å². The van der Waals surface area contributed by atoms with E-state index in [1.807, 2.05) is 71.9 Å². The molecule has 228 valence electrons. The zero-order valence-electron chi connectivity index (χ0n) is 25.3. The number of ether oxygens (including phenoxy) is 3. The Balaban J connectivity index is 1.52. The van der Waals surface area contributed by atoms with Gasteiger partial charge in [0.15, 0.2) is 0 Å². The number of hydrogen-bond donors (Lipinski definition) is 1. The van der Waals surface area contributed by atoms with Gasteiger partial charge in [-0.3, -0.25) is 4.79 Å². The number of alkyl carbamates (subject to hydrolysis) is 1. The van der Waals surface area contributed by atoms with Crippen LogP contribution in [0.2, 0.25) is 0 Å². The predicted octanol–water partition coefficient (Wildman–Crippen LogP) is 5.27. The third kappa shape index (κ3) is 7.79. The van der Waals surface area contributed by atoms with Crippen molar-refractivity contribution in [1.29, 1.82) is 0 Å². The molecule has 0 aromatic heterocycles. The molecule has 4 atom stereocenters. The summed E-state index contributed by atoms with van der Waals surface area (Å²) in [5.41, 5.74) is 0.294. The molecule has 4 rings (SSSR count). The van der Waals surface area contributed by atoms with Crippen molar-refractivity contribution in [1.82, 2.24) is 15.1 Å². The lowest BCUT2D eigenvalue weighted by molar-refractivity contribution is -0.139. The fourth-order valence-corrected chi connectivity index (χ4v) is 5.44. The zero-order valence-corrected chi connectivity index (χ0v) is 25.3. The number of hydrogen-bond acceptors (Lipinski definition) is 6. The van der Waals surface area contributed by atoms with E-state index < -0.39 is 41.4 Å². The molecule has 2 aromatic rings. The van der Waals surface area contributed by atoms with Crippen LogP contribution in [0, 0.1) is 11.2 Å². The van der Waals surface area contributed by atoms with E-state index in [1.54, 1.807) is 21.9 Å². The molecule has 3 amide bonds. The lowest BCUT2D eigenvalue weighted by Crippen LogP contribution is -2.57. The van der Waals surface area contributed by atoms with Crippen LogP contribution < -0.4 is 5.32 Å². The van der Waals surface area contributed by atoms with Gasteiger partial charge in [-0.05, 0) is 55.9 Å². The number of carbonyl (C=O) groups excluding carboxylic acids is 3. The normalized spacial score (nSPS) is 21.1. The second-order valence-electron chi connectivity index (χ2n) is 13.0. The summed E-state index contributed by atoms with van der Waals surface area (Å²) in [7, 11) is 0. The van der Waals surface area contributed by atoms with Crippen LogP contribution in [0.15, 0.2) is 54.6 Å². The minimum atomic E-state index is -0.882. The molecule has 9 nitrogen and oxygen atoms in total. The van der Waals surface area contributed by atoms with E-state index in [9.17, 15) is 18.8 Å². The summed E-state index contributed by atoms with van der Waals surface area (Å²) in [5, 5.41) is 2.79. The number of fused-ring (bicyclic) bond motifs is 1. The summed E-state index contributed by atoms with van der Waals surface area (Å²) in [6, 6.07) is 13.7. The third-order valence-electron chi connectivity index (χ3n) is 7.45. The van der Waals surface area contributed by atoms with E-state index in [1.165, 1.54) is 12.1 Å². The lowest BCUT2D eigenvalue weighted by atomic mass is 9.85. The van der Waals surface area contributed by atoms with Crippen molar-refractivity contribution in [2.24, 2.45) is 5.41 Å². The van der Waals surface area contributed by atoms with Crippen molar-refractivity contribution in [2.75, 3.05) is 13.1 Å². The number of nitrogens with zero attached hydrogens (tertiary/aromatic N) is 2. The Labute approximate surface area is 247 Å². The van der Waals surface area contributed by atoms with Crippen molar-refractivity contribution < 1.29 is 33.0 Å². The van der Waals surface area contributed by atoms with Crippen LogP contribution in [0.25, 0.3) is 0 Å². The first-order valence-corrected chi connectivity index (χ1v) is 14.4. The highest BCUT2D eigenvalue weighted by molar-refractivity contribution is 5.87. The Morgan fingerprint density at radius 3 is 2.19 bits per heavy atom. The first kappa shape index (κ1) is 31.3. The van der Waals surface area contributed by atoms with Crippen molar-refractivity contribution in [3.8, 4) is 0 Å². The van der Waals surface area contributed by atoms with Crippen LogP contribution in [-0.2, 0) is 32.2 Å². The van der Waals surface area contributed by atoms with Gasteiger partial charge < -0.3 is 29.3 Å². The largest absolute Gasteiger partial charge is 0.445 e. The van der Waals surface area contributed by atoms with E-state index in [0.29, 0.717) is 13.0 Å². The maximum Gasteiger partial charge on any atom is 0.410 e. The molecule has 1 N–H and O–H groups in total. The van der Waals surface area contributed by atoms with Crippen LogP contribution in [-0.4, -0.2) is 70.8 Å². The SMILES string of the molecule is CC(C)(C)OC(=O)N1C[C@H](OCc2ccc(F)cc2)[C@@H]2[C@H]1CCN2C(=O)C(NC(=O)OCc1ccccc1)C(C)(C)C. The quantitative estimate of drug-likeness (QED) is 0.477. The zero-order chi connectivity index (χ0) is 30.7. The number of amides is 3. The molecule has 42 heavy (non-hydrogen) atoms. The molecule has 0 saturated carbocycles. The van der Waals surface area contributed by atoms with Crippen LogP contribution in [0.3, 0.4) is 0 Å². The van der Waals surface area contributed by atoms with E-state index in [2.05, 4.69) is 5.32 Å². The minimum Gasteiger partial charge on any atom is -0.445 e. The predicted molar refractivity (Wildman–Crippen MR) is 155 cm³/mol. The monoisotopic (exact) mass is 583 g/mol. The summed E-state index contributed by atoms with van der Waals surface area (Å²) < 4.78 is 30.8. The van der Waals surface area contributed by atoms with Gasteiger partial charge in [-0.25, -0.2) is 14.0 Å². The van der Waals surface area contributed by atoms with Crippen LogP contribution in [0.1, 0.15) is 59.1 Å². The van der Waals surface area contributed by atoms with Gasteiger partial charge in [-0.15, -0.1) is 0 Å². The first-order valence-electron chi connectivity index (χ1n) is 14.4. The topological polar surface area (TPSA) is 97.4 Å². The van der Waals surface area contributed by atoms with E-state index >= 15 is 0 Å². The van der Waals surface area contributed by atoms with Crippen LogP contribution in [0.4, 0.5) is 14.0 Å². The minimum absolute atomic E-state index is 0.0797. The molecule has 2 saturated heterocycles. The lowest BCUT2D eigenvalue weighted by Gasteiger charge is -2.36.